The van der Waals surface area contributed by atoms with Crippen LogP contribution in [-0.2, 0) is 14.8 Å². The van der Waals surface area contributed by atoms with Crippen molar-refractivity contribution in [2.75, 3.05) is 16.2 Å². The van der Waals surface area contributed by atoms with Crippen molar-refractivity contribution in [1.82, 2.24) is 0 Å². The molecular formula is C25H27ClN2O3S. The summed E-state index contributed by atoms with van der Waals surface area (Å²) in [5, 5.41) is 3.28. The van der Waals surface area contributed by atoms with Gasteiger partial charge in [-0.25, -0.2) is 8.42 Å². The summed E-state index contributed by atoms with van der Waals surface area (Å²) in [5.74, 6) is -0.435. The molecule has 0 aliphatic heterocycles. The lowest BCUT2D eigenvalue weighted by Crippen LogP contribution is -2.38. The predicted molar refractivity (Wildman–Crippen MR) is 131 cm³/mol. The number of carbonyl (C=O) groups excluding carboxylic acids is 1. The van der Waals surface area contributed by atoms with E-state index in [1.807, 2.05) is 39.8 Å². The minimum atomic E-state index is -4.01. The molecule has 3 aromatic carbocycles. The Kier molecular flexibility index (Phi) is 6.96. The summed E-state index contributed by atoms with van der Waals surface area (Å²) in [6.07, 6.45) is 0. The molecule has 0 spiro atoms. The molecule has 0 bridgehead atoms. The Bertz CT molecular complexity index is 1250. The van der Waals surface area contributed by atoms with E-state index in [1.165, 1.54) is 0 Å². The van der Waals surface area contributed by atoms with Gasteiger partial charge >= 0.3 is 0 Å². The third-order valence-corrected chi connectivity index (χ3v) is 7.29. The number of rotatable bonds is 6. The average molecular weight is 471 g/mol. The first-order valence-corrected chi connectivity index (χ1v) is 12.0. The molecule has 7 heteroatoms. The summed E-state index contributed by atoms with van der Waals surface area (Å²) < 4.78 is 28.3. The SMILES string of the molecule is Cc1ccc(S(=O)(=O)N(CC(=O)Nc2c(C)cc(C)cc2C)c2cc(Cl)ccc2C)cc1. The highest BCUT2D eigenvalue weighted by atomic mass is 35.5. The zero-order chi connectivity index (χ0) is 23.6. The van der Waals surface area contributed by atoms with Gasteiger partial charge in [-0.3, -0.25) is 9.10 Å². The van der Waals surface area contributed by atoms with Crippen molar-refractivity contribution in [2.24, 2.45) is 0 Å². The highest BCUT2D eigenvalue weighted by Crippen LogP contribution is 2.30. The third kappa shape index (κ3) is 5.14. The van der Waals surface area contributed by atoms with Crippen LogP contribution in [0.3, 0.4) is 0 Å². The van der Waals surface area contributed by atoms with E-state index in [2.05, 4.69) is 5.32 Å². The number of anilines is 2. The Morgan fingerprint density at radius 3 is 2.03 bits per heavy atom. The van der Waals surface area contributed by atoms with Crippen LogP contribution in [0.1, 0.15) is 27.8 Å². The first-order valence-electron chi connectivity index (χ1n) is 10.2. The van der Waals surface area contributed by atoms with Crippen LogP contribution in [0.4, 0.5) is 11.4 Å². The molecule has 3 rings (SSSR count). The predicted octanol–water partition coefficient (Wildman–Crippen LogP) is 5.72. The van der Waals surface area contributed by atoms with E-state index in [1.54, 1.807) is 49.4 Å². The molecule has 32 heavy (non-hydrogen) atoms. The van der Waals surface area contributed by atoms with Crippen LogP contribution < -0.4 is 9.62 Å². The van der Waals surface area contributed by atoms with Crippen molar-refractivity contribution in [2.45, 2.75) is 39.5 Å². The number of sulfonamides is 1. The number of aryl methyl sites for hydroxylation is 5. The Balaban J connectivity index is 2.03. The van der Waals surface area contributed by atoms with Gasteiger partial charge in [0.15, 0.2) is 0 Å². The summed E-state index contributed by atoms with van der Waals surface area (Å²) in [7, 11) is -4.01. The van der Waals surface area contributed by atoms with Gasteiger partial charge in [-0.2, -0.15) is 0 Å². The van der Waals surface area contributed by atoms with Crippen LogP contribution in [0.15, 0.2) is 59.5 Å². The molecule has 5 nitrogen and oxygen atoms in total. The second kappa shape index (κ2) is 9.35. The van der Waals surface area contributed by atoms with Gasteiger partial charge in [0.25, 0.3) is 10.0 Å². The highest BCUT2D eigenvalue weighted by molar-refractivity contribution is 7.92. The molecule has 0 atom stereocenters. The summed E-state index contributed by atoms with van der Waals surface area (Å²) in [6.45, 7) is 9.10. The largest absolute Gasteiger partial charge is 0.324 e. The maximum atomic E-state index is 13.6. The van der Waals surface area contributed by atoms with Crippen molar-refractivity contribution >= 4 is 38.9 Å². The summed E-state index contributed by atoms with van der Waals surface area (Å²) in [4.78, 5) is 13.2. The van der Waals surface area contributed by atoms with Crippen LogP contribution in [0.2, 0.25) is 5.02 Å². The van der Waals surface area contributed by atoms with E-state index in [0.29, 0.717) is 22.0 Å². The van der Waals surface area contributed by atoms with Crippen molar-refractivity contribution in [1.29, 1.82) is 0 Å². The number of hydrogen-bond donors (Lipinski definition) is 1. The molecule has 3 aromatic rings. The zero-order valence-electron chi connectivity index (χ0n) is 18.9. The van der Waals surface area contributed by atoms with E-state index in [4.69, 9.17) is 11.6 Å². The van der Waals surface area contributed by atoms with E-state index >= 15 is 0 Å². The molecule has 0 aromatic heterocycles. The zero-order valence-corrected chi connectivity index (χ0v) is 20.4. The quantitative estimate of drug-likeness (QED) is 0.501. The molecule has 0 fully saturated rings. The first kappa shape index (κ1) is 23.8. The van der Waals surface area contributed by atoms with Gasteiger partial charge in [0.1, 0.15) is 6.54 Å². The maximum Gasteiger partial charge on any atom is 0.264 e. The maximum absolute atomic E-state index is 13.6. The van der Waals surface area contributed by atoms with E-state index < -0.39 is 15.9 Å². The lowest BCUT2D eigenvalue weighted by Gasteiger charge is -2.26. The van der Waals surface area contributed by atoms with Gasteiger partial charge in [0.2, 0.25) is 5.91 Å². The molecular weight excluding hydrogens is 444 g/mol. The average Bonchev–Trinajstić information content (AvgIpc) is 2.71. The van der Waals surface area contributed by atoms with Gasteiger partial charge in [0.05, 0.1) is 10.6 Å². The van der Waals surface area contributed by atoms with Gasteiger partial charge in [0, 0.05) is 10.7 Å². The summed E-state index contributed by atoms with van der Waals surface area (Å²) in [5.41, 5.74) is 5.63. The highest BCUT2D eigenvalue weighted by Gasteiger charge is 2.29. The molecule has 168 valence electrons. The molecule has 0 unspecified atom stereocenters. The standard InChI is InChI=1S/C25H27ClN2O3S/c1-16-6-10-22(11-7-16)32(30,31)28(23-14-21(26)9-8-18(23)3)15-24(29)27-25-19(4)12-17(2)13-20(25)5/h6-14H,15H2,1-5H3,(H,27,29). The Hall–Kier alpha value is -2.83. The molecule has 0 saturated carbocycles. The molecule has 1 amide bonds. The Morgan fingerprint density at radius 2 is 1.44 bits per heavy atom. The van der Waals surface area contributed by atoms with Crippen molar-refractivity contribution in [3.05, 3.63) is 87.4 Å². The summed E-state index contributed by atoms with van der Waals surface area (Å²) >= 11 is 6.18. The number of nitrogens with one attached hydrogen (secondary N) is 1. The molecule has 0 heterocycles. The van der Waals surface area contributed by atoms with Crippen LogP contribution in [0.25, 0.3) is 0 Å². The topological polar surface area (TPSA) is 66.5 Å². The van der Waals surface area contributed by atoms with Crippen LogP contribution in [0.5, 0.6) is 0 Å². The van der Waals surface area contributed by atoms with Gasteiger partial charge in [-0.1, -0.05) is 53.1 Å². The lowest BCUT2D eigenvalue weighted by atomic mass is 10.1. The smallest absolute Gasteiger partial charge is 0.264 e. The number of amides is 1. The monoisotopic (exact) mass is 470 g/mol. The molecule has 1 N–H and O–H groups in total. The fraction of sp³-hybridized carbons (Fsp3) is 0.240. The minimum Gasteiger partial charge on any atom is -0.324 e. The van der Waals surface area contributed by atoms with Gasteiger partial charge in [-0.15, -0.1) is 0 Å². The van der Waals surface area contributed by atoms with E-state index in [0.717, 1.165) is 26.6 Å². The normalized spacial score (nSPS) is 11.3. The second-order valence-corrected chi connectivity index (χ2v) is 10.4. The van der Waals surface area contributed by atoms with Gasteiger partial charge in [-0.05, 0) is 75.6 Å². The fourth-order valence-electron chi connectivity index (χ4n) is 3.67. The van der Waals surface area contributed by atoms with Crippen molar-refractivity contribution in [3.8, 4) is 0 Å². The van der Waals surface area contributed by atoms with Crippen LogP contribution in [0, 0.1) is 34.6 Å². The van der Waals surface area contributed by atoms with Crippen LogP contribution in [-0.4, -0.2) is 20.9 Å². The van der Waals surface area contributed by atoms with E-state index in [9.17, 15) is 13.2 Å². The Labute approximate surface area is 195 Å². The minimum absolute atomic E-state index is 0.109. The number of nitrogens with zero attached hydrogens (tertiary/aromatic N) is 1. The van der Waals surface area contributed by atoms with E-state index in [-0.39, 0.29) is 11.4 Å². The van der Waals surface area contributed by atoms with Crippen molar-refractivity contribution in [3.63, 3.8) is 0 Å². The third-order valence-electron chi connectivity index (χ3n) is 5.28. The Morgan fingerprint density at radius 1 is 0.844 bits per heavy atom. The summed E-state index contributed by atoms with van der Waals surface area (Å²) in [6, 6.07) is 15.5. The fourth-order valence-corrected chi connectivity index (χ4v) is 5.32. The first-order chi connectivity index (χ1) is 15.0. The number of halogens is 1. The number of hydrogen-bond acceptors (Lipinski definition) is 3. The second-order valence-electron chi connectivity index (χ2n) is 8.08. The molecule has 0 aliphatic carbocycles. The molecule has 0 radical (unpaired) electrons. The number of carbonyl (C=O) groups is 1. The molecule has 0 aliphatic rings. The van der Waals surface area contributed by atoms with Crippen LogP contribution >= 0.6 is 11.6 Å². The van der Waals surface area contributed by atoms with Gasteiger partial charge < -0.3 is 5.32 Å². The number of benzene rings is 3. The lowest BCUT2D eigenvalue weighted by molar-refractivity contribution is -0.114. The molecule has 0 saturated heterocycles. The van der Waals surface area contributed by atoms with Crippen molar-refractivity contribution < 1.29 is 13.2 Å².